The van der Waals surface area contributed by atoms with Crippen LogP contribution in [0.2, 0.25) is 0 Å². The van der Waals surface area contributed by atoms with Crippen molar-refractivity contribution in [2.24, 2.45) is 0 Å². The van der Waals surface area contributed by atoms with Gasteiger partial charge in [0.05, 0.1) is 17.6 Å². The van der Waals surface area contributed by atoms with Crippen molar-refractivity contribution in [2.45, 2.75) is 13.8 Å². The van der Waals surface area contributed by atoms with E-state index in [4.69, 9.17) is 4.74 Å². The molecule has 4 nitrogen and oxygen atoms in total. The Hall–Kier alpha value is -2.10. The average molecular weight is 216 g/mol. The van der Waals surface area contributed by atoms with Gasteiger partial charge in [0, 0.05) is 6.92 Å². The minimum absolute atomic E-state index is 0.337. The van der Waals surface area contributed by atoms with E-state index in [1.165, 1.54) is 6.92 Å². The molecular formula is C12H12N2O2. The van der Waals surface area contributed by atoms with Gasteiger partial charge in [0.2, 0.25) is 0 Å². The smallest absolute Gasteiger partial charge is 0.308 e. The van der Waals surface area contributed by atoms with Gasteiger partial charge in [-0.05, 0) is 19.1 Å². The first-order valence-electron chi connectivity index (χ1n) is 4.97. The van der Waals surface area contributed by atoms with Gasteiger partial charge in [0.25, 0.3) is 0 Å². The Balaban J connectivity index is 2.37. The largest absolute Gasteiger partial charge is 0.423 e. The standard InChI is InChI=1S/C12H12N2O2/c1-9-12(16-10(2)15)8-13-14(9)11-6-4-3-5-7-11/h3-8H,1-2H3. The molecule has 2 rings (SSSR count). The Labute approximate surface area is 93.5 Å². The minimum Gasteiger partial charge on any atom is -0.423 e. The molecule has 82 valence electrons. The van der Waals surface area contributed by atoms with Gasteiger partial charge in [0.1, 0.15) is 0 Å². The lowest BCUT2D eigenvalue weighted by atomic mass is 10.3. The van der Waals surface area contributed by atoms with Crippen molar-refractivity contribution in [3.05, 3.63) is 42.2 Å². The van der Waals surface area contributed by atoms with Crippen molar-refractivity contribution < 1.29 is 9.53 Å². The molecule has 0 atom stereocenters. The maximum Gasteiger partial charge on any atom is 0.308 e. The van der Waals surface area contributed by atoms with Crippen LogP contribution in [0.25, 0.3) is 5.69 Å². The second kappa shape index (κ2) is 4.18. The number of aromatic nitrogens is 2. The van der Waals surface area contributed by atoms with Crippen molar-refractivity contribution in [3.8, 4) is 11.4 Å². The highest BCUT2D eigenvalue weighted by Gasteiger charge is 2.10. The van der Waals surface area contributed by atoms with Crippen molar-refractivity contribution in [1.82, 2.24) is 9.78 Å². The van der Waals surface area contributed by atoms with Crippen LogP contribution in [-0.2, 0) is 4.79 Å². The monoisotopic (exact) mass is 216 g/mol. The quantitative estimate of drug-likeness (QED) is 0.722. The molecule has 1 heterocycles. The molecule has 4 heteroatoms. The van der Waals surface area contributed by atoms with Gasteiger partial charge in [-0.3, -0.25) is 4.79 Å². The van der Waals surface area contributed by atoms with Crippen LogP contribution in [0, 0.1) is 6.92 Å². The third kappa shape index (κ3) is 1.95. The molecule has 1 aromatic heterocycles. The maximum atomic E-state index is 10.9. The second-order valence-electron chi connectivity index (χ2n) is 3.44. The van der Waals surface area contributed by atoms with Crippen LogP contribution in [-0.4, -0.2) is 15.7 Å². The van der Waals surface area contributed by atoms with Crippen molar-refractivity contribution in [2.75, 3.05) is 0 Å². The molecule has 0 aliphatic carbocycles. The third-order valence-electron chi connectivity index (χ3n) is 2.22. The molecule has 0 aliphatic rings. The van der Waals surface area contributed by atoms with E-state index in [9.17, 15) is 4.79 Å². The first-order valence-corrected chi connectivity index (χ1v) is 4.97. The van der Waals surface area contributed by atoms with Gasteiger partial charge in [0.15, 0.2) is 5.75 Å². The lowest BCUT2D eigenvalue weighted by Gasteiger charge is -2.04. The molecule has 0 bridgehead atoms. The van der Waals surface area contributed by atoms with Crippen LogP contribution >= 0.6 is 0 Å². The van der Waals surface area contributed by atoms with Crippen LogP contribution in [0.5, 0.6) is 5.75 Å². The van der Waals surface area contributed by atoms with Crippen molar-refractivity contribution in [3.63, 3.8) is 0 Å². The predicted octanol–water partition coefficient (Wildman–Crippen LogP) is 2.11. The normalized spacial score (nSPS) is 10.1. The molecule has 0 N–H and O–H groups in total. The lowest BCUT2D eigenvalue weighted by molar-refractivity contribution is -0.131. The Bertz CT molecular complexity index is 503. The van der Waals surface area contributed by atoms with E-state index in [0.29, 0.717) is 5.75 Å². The first-order chi connectivity index (χ1) is 7.68. The van der Waals surface area contributed by atoms with Gasteiger partial charge in [-0.25, -0.2) is 4.68 Å². The third-order valence-corrected chi connectivity index (χ3v) is 2.22. The molecule has 1 aromatic carbocycles. The Morgan fingerprint density at radius 1 is 1.31 bits per heavy atom. The van der Waals surface area contributed by atoms with E-state index in [1.807, 2.05) is 37.3 Å². The van der Waals surface area contributed by atoms with E-state index in [2.05, 4.69) is 5.10 Å². The number of benzene rings is 1. The fourth-order valence-corrected chi connectivity index (χ4v) is 1.48. The lowest BCUT2D eigenvalue weighted by Crippen LogP contribution is -2.03. The summed E-state index contributed by atoms with van der Waals surface area (Å²) in [6.45, 7) is 3.23. The Morgan fingerprint density at radius 3 is 2.62 bits per heavy atom. The molecule has 0 saturated heterocycles. The van der Waals surface area contributed by atoms with Gasteiger partial charge in [-0.2, -0.15) is 5.10 Å². The molecule has 16 heavy (non-hydrogen) atoms. The molecule has 0 spiro atoms. The van der Waals surface area contributed by atoms with E-state index >= 15 is 0 Å². The number of nitrogens with zero attached hydrogens (tertiary/aromatic N) is 2. The fraction of sp³-hybridized carbons (Fsp3) is 0.167. The number of para-hydroxylation sites is 1. The van der Waals surface area contributed by atoms with Gasteiger partial charge in [-0.1, -0.05) is 18.2 Å². The summed E-state index contributed by atoms with van der Waals surface area (Å²) in [7, 11) is 0. The minimum atomic E-state index is -0.337. The molecular weight excluding hydrogens is 204 g/mol. The number of ether oxygens (including phenoxy) is 1. The SMILES string of the molecule is CC(=O)Oc1cnn(-c2ccccc2)c1C. The summed E-state index contributed by atoms with van der Waals surface area (Å²) in [6, 6.07) is 9.69. The van der Waals surface area contributed by atoms with Crippen LogP contribution in [0.4, 0.5) is 0 Å². The summed E-state index contributed by atoms with van der Waals surface area (Å²) < 4.78 is 6.76. The van der Waals surface area contributed by atoms with Crippen LogP contribution in [0.3, 0.4) is 0 Å². The summed E-state index contributed by atoms with van der Waals surface area (Å²) in [5.41, 5.74) is 1.75. The number of rotatable bonds is 2. The van der Waals surface area contributed by atoms with Gasteiger partial charge in [-0.15, -0.1) is 0 Å². The zero-order chi connectivity index (χ0) is 11.5. The van der Waals surface area contributed by atoms with Gasteiger partial charge < -0.3 is 4.74 Å². The highest BCUT2D eigenvalue weighted by molar-refractivity contribution is 5.69. The van der Waals surface area contributed by atoms with E-state index in [-0.39, 0.29) is 5.97 Å². The van der Waals surface area contributed by atoms with Crippen molar-refractivity contribution >= 4 is 5.97 Å². The first kappa shape index (κ1) is 10.4. The molecule has 0 unspecified atom stereocenters. The van der Waals surface area contributed by atoms with Crippen LogP contribution in [0.1, 0.15) is 12.6 Å². The zero-order valence-electron chi connectivity index (χ0n) is 9.18. The molecule has 2 aromatic rings. The molecule has 0 radical (unpaired) electrons. The topological polar surface area (TPSA) is 44.1 Å². The molecule has 0 amide bonds. The highest BCUT2D eigenvalue weighted by atomic mass is 16.5. The maximum absolute atomic E-state index is 10.9. The summed E-state index contributed by atoms with van der Waals surface area (Å²) in [5, 5.41) is 4.18. The molecule has 0 saturated carbocycles. The predicted molar refractivity (Wildman–Crippen MR) is 59.6 cm³/mol. The Kier molecular flexibility index (Phi) is 2.72. The Morgan fingerprint density at radius 2 is 2.00 bits per heavy atom. The number of hydrogen-bond donors (Lipinski definition) is 0. The number of hydrogen-bond acceptors (Lipinski definition) is 3. The van der Waals surface area contributed by atoms with E-state index < -0.39 is 0 Å². The molecule has 0 fully saturated rings. The summed E-state index contributed by atoms with van der Waals surface area (Å²) >= 11 is 0. The zero-order valence-corrected chi connectivity index (χ0v) is 9.18. The number of esters is 1. The van der Waals surface area contributed by atoms with E-state index in [0.717, 1.165) is 11.4 Å². The van der Waals surface area contributed by atoms with Crippen LogP contribution in [0.15, 0.2) is 36.5 Å². The summed E-state index contributed by atoms with van der Waals surface area (Å²) in [5.74, 6) is 0.159. The fourth-order valence-electron chi connectivity index (χ4n) is 1.48. The average Bonchev–Trinajstić information content (AvgIpc) is 2.61. The van der Waals surface area contributed by atoms with Crippen molar-refractivity contribution in [1.29, 1.82) is 0 Å². The number of carbonyl (C=O) groups excluding carboxylic acids is 1. The highest BCUT2D eigenvalue weighted by Crippen LogP contribution is 2.20. The van der Waals surface area contributed by atoms with Gasteiger partial charge >= 0.3 is 5.97 Å². The second-order valence-corrected chi connectivity index (χ2v) is 3.44. The van der Waals surface area contributed by atoms with E-state index in [1.54, 1.807) is 10.9 Å². The van der Waals surface area contributed by atoms with Crippen LogP contribution < -0.4 is 4.74 Å². The summed E-state index contributed by atoms with van der Waals surface area (Å²) in [6.07, 6.45) is 1.55. The summed E-state index contributed by atoms with van der Waals surface area (Å²) in [4.78, 5) is 10.9. The molecule has 0 aliphatic heterocycles. The number of carbonyl (C=O) groups is 1.